The SMILES string of the molecule is Cc1ccc(O)c(C(C#N)NC(C)C)c1. The Morgan fingerprint density at radius 1 is 1.40 bits per heavy atom. The lowest BCUT2D eigenvalue weighted by atomic mass is 10.0. The van der Waals surface area contributed by atoms with Crippen LogP contribution in [-0.4, -0.2) is 11.1 Å². The maximum atomic E-state index is 9.66. The van der Waals surface area contributed by atoms with Crippen LogP contribution in [0.4, 0.5) is 0 Å². The van der Waals surface area contributed by atoms with Crippen molar-refractivity contribution in [1.29, 1.82) is 5.26 Å². The summed E-state index contributed by atoms with van der Waals surface area (Å²) in [7, 11) is 0. The second-order valence-electron chi connectivity index (χ2n) is 3.95. The number of nitrogens with zero attached hydrogens (tertiary/aromatic N) is 1. The van der Waals surface area contributed by atoms with E-state index in [2.05, 4.69) is 11.4 Å². The van der Waals surface area contributed by atoms with Gasteiger partial charge in [0.1, 0.15) is 11.8 Å². The van der Waals surface area contributed by atoms with Crippen LogP contribution in [0, 0.1) is 18.3 Å². The number of aryl methyl sites for hydroxylation is 1. The smallest absolute Gasteiger partial charge is 0.125 e. The van der Waals surface area contributed by atoms with Crippen molar-refractivity contribution in [2.45, 2.75) is 32.9 Å². The molecule has 0 saturated carbocycles. The van der Waals surface area contributed by atoms with E-state index in [1.807, 2.05) is 32.9 Å². The molecule has 0 bridgehead atoms. The lowest BCUT2D eigenvalue weighted by molar-refractivity contribution is 0.453. The highest BCUT2D eigenvalue weighted by molar-refractivity contribution is 5.40. The van der Waals surface area contributed by atoms with E-state index in [0.717, 1.165) is 5.56 Å². The summed E-state index contributed by atoms with van der Waals surface area (Å²) in [5.41, 5.74) is 1.68. The molecule has 0 heterocycles. The molecule has 0 aliphatic heterocycles. The van der Waals surface area contributed by atoms with E-state index in [1.54, 1.807) is 6.07 Å². The molecule has 1 atom stereocenters. The fraction of sp³-hybridized carbons (Fsp3) is 0.417. The van der Waals surface area contributed by atoms with Gasteiger partial charge in [-0.3, -0.25) is 5.32 Å². The number of phenolic OH excluding ortho intramolecular Hbond substituents is 1. The van der Waals surface area contributed by atoms with Gasteiger partial charge in [-0.25, -0.2) is 0 Å². The summed E-state index contributed by atoms with van der Waals surface area (Å²) in [4.78, 5) is 0. The molecule has 3 heteroatoms. The molecular formula is C12H16N2O. The molecule has 0 saturated heterocycles. The van der Waals surface area contributed by atoms with E-state index in [0.29, 0.717) is 5.56 Å². The Morgan fingerprint density at radius 2 is 2.07 bits per heavy atom. The average molecular weight is 204 g/mol. The van der Waals surface area contributed by atoms with Gasteiger partial charge in [-0.05, 0) is 32.9 Å². The molecule has 1 unspecified atom stereocenters. The number of phenols is 1. The lowest BCUT2D eigenvalue weighted by Gasteiger charge is -2.16. The second kappa shape index (κ2) is 4.81. The summed E-state index contributed by atoms with van der Waals surface area (Å²) in [6.45, 7) is 5.88. The fourth-order valence-corrected chi connectivity index (χ4v) is 1.44. The number of rotatable bonds is 3. The molecule has 0 aliphatic carbocycles. The first kappa shape index (κ1) is 11.5. The molecule has 0 aromatic heterocycles. The van der Waals surface area contributed by atoms with Gasteiger partial charge >= 0.3 is 0 Å². The molecule has 80 valence electrons. The van der Waals surface area contributed by atoms with Gasteiger partial charge in [0, 0.05) is 11.6 Å². The van der Waals surface area contributed by atoms with E-state index >= 15 is 0 Å². The Hall–Kier alpha value is -1.53. The molecule has 1 aromatic rings. The van der Waals surface area contributed by atoms with Crippen LogP contribution in [-0.2, 0) is 0 Å². The van der Waals surface area contributed by atoms with Crippen LogP contribution in [0.2, 0.25) is 0 Å². The van der Waals surface area contributed by atoms with Gasteiger partial charge in [0.05, 0.1) is 6.07 Å². The summed E-state index contributed by atoms with van der Waals surface area (Å²) in [5, 5.41) is 21.8. The summed E-state index contributed by atoms with van der Waals surface area (Å²) in [5.74, 6) is 0.167. The minimum absolute atomic E-state index is 0.167. The van der Waals surface area contributed by atoms with Gasteiger partial charge in [-0.1, -0.05) is 11.6 Å². The minimum atomic E-state index is -0.454. The predicted molar refractivity (Wildman–Crippen MR) is 59.5 cm³/mol. The third-order valence-electron chi connectivity index (χ3n) is 2.12. The monoisotopic (exact) mass is 204 g/mol. The maximum Gasteiger partial charge on any atom is 0.125 e. The van der Waals surface area contributed by atoms with E-state index in [-0.39, 0.29) is 11.8 Å². The summed E-state index contributed by atoms with van der Waals surface area (Å²) in [6, 6.07) is 7.17. The third kappa shape index (κ3) is 2.97. The highest BCUT2D eigenvalue weighted by Gasteiger charge is 2.15. The van der Waals surface area contributed by atoms with Crippen LogP contribution in [0.25, 0.3) is 0 Å². The van der Waals surface area contributed by atoms with Crippen molar-refractivity contribution in [2.75, 3.05) is 0 Å². The Kier molecular flexibility index (Phi) is 3.70. The quantitative estimate of drug-likeness (QED) is 0.794. The summed E-state index contributed by atoms with van der Waals surface area (Å²) < 4.78 is 0. The van der Waals surface area contributed by atoms with Gasteiger partial charge in [0.15, 0.2) is 0 Å². The average Bonchev–Trinajstić information content (AvgIpc) is 2.18. The first-order valence-electron chi connectivity index (χ1n) is 4.99. The van der Waals surface area contributed by atoms with E-state index in [1.165, 1.54) is 0 Å². The maximum absolute atomic E-state index is 9.66. The van der Waals surface area contributed by atoms with Crippen LogP contribution < -0.4 is 5.32 Å². The van der Waals surface area contributed by atoms with Crippen LogP contribution in [0.15, 0.2) is 18.2 Å². The van der Waals surface area contributed by atoms with Gasteiger partial charge < -0.3 is 5.11 Å². The van der Waals surface area contributed by atoms with Gasteiger partial charge in [-0.15, -0.1) is 0 Å². The zero-order chi connectivity index (χ0) is 11.4. The molecule has 3 nitrogen and oxygen atoms in total. The highest BCUT2D eigenvalue weighted by Crippen LogP contribution is 2.25. The van der Waals surface area contributed by atoms with Crippen molar-refractivity contribution in [1.82, 2.24) is 5.32 Å². The zero-order valence-corrected chi connectivity index (χ0v) is 9.28. The van der Waals surface area contributed by atoms with Crippen LogP contribution in [0.5, 0.6) is 5.75 Å². The van der Waals surface area contributed by atoms with E-state index in [9.17, 15) is 5.11 Å². The summed E-state index contributed by atoms with van der Waals surface area (Å²) >= 11 is 0. The topological polar surface area (TPSA) is 56.0 Å². The molecule has 0 aliphatic rings. The molecular weight excluding hydrogens is 188 g/mol. The van der Waals surface area contributed by atoms with Crippen molar-refractivity contribution >= 4 is 0 Å². The highest BCUT2D eigenvalue weighted by atomic mass is 16.3. The Balaban J connectivity index is 3.02. The number of benzene rings is 1. The predicted octanol–water partition coefficient (Wildman–Crippen LogP) is 2.26. The molecule has 0 spiro atoms. The molecule has 1 aromatic carbocycles. The standard InChI is InChI=1S/C12H16N2O/c1-8(2)14-11(7-13)10-6-9(3)4-5-12(10)15/h4-6,8,11,14-15H,1-3H3. The first-order valence-corrected chi connectivity index (χ1v) is 4.99. The van der Waals surface area contributed by atoms with Crippen molar-refractivity contribution in [3.8, 4) is 11.8 Å². The molecule has 0 amide bonds. The van der Waals surface area contributed by atoms with Crippen LogP contribution >= 0.6 is 0 Å². The van der Waals surface area contributed by atoms with Crippen LogP contribution in [0.3, 0.4) is 0 Å². The van der Waals surface area contributed by atoms with Gasteiger partial charge in [-0.2, -0.15) is 5.26 Å². The second-order valence-corrected chi connectivity index (χ2v) is 3.95. The largest absolute Gasteiger partial charge is 0.508 e. The van der Waals surface area contributed by atoms with Crippen molar-refractivity contribution < 1.29 is 5.11 Å². The fourth-order valence-electron chi connectivity index (χ4n) is 1.44. The van der Waals surface area contributed by atoms with Gasteiger partial charge in [0.2, 0.25) is 0 Å². The third-order valence-corrected chi connectivity index (χ3v) is 2.12. The Morgan fingerprint density at radius 3 is 2.60 bits per heavy atom. The lowest BCUT2D eigenvalue weighted by Crippen LogP contribution is -2.27. The number of nitrogens with one attached hydrogen (secondary N) is 1. The molecule has 1 rings (SSSR count). The molecule has 0 radical (unpaired) electrons. The molecule has 0 fully saturated rings. The Bertz CT molecular complexity index is 380. The van der Waals surface area contributed by atoms with Gasteiger partial charge in [0.25, 0.3) is 0 Å². The number of nitriles is 1. The first-order chi connectivity index (χ1) is 7.04. The summed E-state index contributed by atoms with van der Waals surface area (Å²) in [6.07, 6.45) is 0. The number of hydrogen-bond donors (Lipinski definition) is 2. The zero-order valence-electron chi connectivity index (χ0n) is 9.28. The van der Waals surface area contributed by atoms with Crippen molar-refractivity contribution in [3.05, 3.63) is 29.3 Å². The number of aromatic hydroxyl groups is 1. The number of hydrogen-bond acceptors (Lipinski definition) is 3. The van der Waals surface area contributed by atoms with Crippen molar-refractivity contribution in [3.63, 3.8) is 0 Å². The normalized spacial score (nSPS) is 12.5. The Labute approximate surface area is 90.4 Å². The van der Waals surface area contributed by atoms with Crippen molar-refractivity contribution in [2.24, 2.45) is 0 Å². The van der Waals surface area contributed by atoms with Crippen LogP contribution in [0.1, 0.15) is 31.0 Å². The molecule has 2 N–H and O–H groups in total. The van der Waals surface area contributed by atoms with E-state index in [4.69, 9.17) is 5.26 Å². The van der Waals surface area contributed by atoms with E-state index < -0.39 is 6.04 Å². The minimum Gasteiger partial charge on any atom is -0.508 e. The molecule has 15 heavy (non-hydrogen) atoms.